The Kier molecular flexibility index (Phi) is 18.5. The van der Waals surface area contributed by atoms with Crippen LogP contribution in [0.1, 0.15) is 55.6 Å². The normalized spacial score (nSPS) is 14.1. The number of nitriles is 2. The zero-order valence-corrected chi connectivity index (χ0v) is 79.4. The van der Waals surface area contributed by atoms with E-state index in [2.05, 4.69) is 341 Å². The molecule has 0 bridgehead atoms. The second-order valence-corrected chi connectivity index (χ2v) is 38.7. The zero-order valence-electron chi connectivity index (χ0n) is 79.4. The molecule has 12 nitrogen and oxygen atoms in total. The third-order valence-electron chi connectivity index (χ3n) is 31.1. The van der Waals surface area contributed by atoms with Gasteiger partial charge in [-0.3, -0.25) is 0 Å². The van der Waals surface area contributed by atoms with E-state index in [1.54, 1.807) is 0 Å². The SMILES string of the molecule is N#Cc1cc(-c2nc(-c3ccccc3)nc(-c3ccccc3)n2)ccc1-n1c2ccccc2c2cc3c(cc21)-c1ccccc1C31c2ccccc2-c2cc(-c3ccc4c(c3)c3ccccc3n4-c3ccccc3)ccc21.N#Cc1cc(-c2nc(-c3ccccc3)nc(-c3ccccc3)n2)ccc1-n1c2ccccc2c2cc3c(cc21)-c1ccccc1C31c2ccccc2-c2cc(-c3ccc4c(c3)oc3ccccc34)ccc21. The lowest BCUT2D eigenvalue weighted by Crippen LogP contribution is -2.25. The first kappa shape index (κ1) is 83.6. The Hall–Kier alpha value is -20.2. The second kappa shape index (κ2) is 32.7. The molecule has 0 saturated carbocycles. The molecule has 4 aliphatic rings. The lowest BCUT2D eigenvalue weighted by atomic mass is 9.70. The van der Waals surface area contributed by atoms with Crippen LogP contribution in [0.4, 0.5) is 0 Å². The molecule has 4 aliphatic carbocycles. The molecule has 6 aromatic heterocycles. The van der Waals surface area contributed by atoms with E-state index >= 15 is 0 Å². The first-order valence-corrected chi connectivity index (χ1v) is 50.0. The Morgan fingerprint density at radius 1 is 0.182 bits per heavy atom. The van der Waals surface area contributed by atoms with Crippen molar-refractivity contribution in [3.63, 3.8) is 0 Å². The molecule has 21 aromatic carbocycles. The highest BCUT2D eigenvalue weighted by Crippen LogP contribution is 2.67. The van der Waals surface area contributed by atoms with Gasteiger partial charge in [-0.1, -0.05) is 346 Å². The molecule has 12 heteroatoms. The van der Waals surface area contributed by atoms with Gasteiger partial charge in [-0.2, -0.15) is 10.5 Å². The average Bonchev–Trinajstić information content (AvgIpc) is 1.50. The van der Waals surface area contributed by atoms with Crippen molar-refractivity contribution in [3.8, 4) is 164 Å². The van der Waals surface area contributed by atoms with Gasteiger partial charge in [0.25, 0.3) is 0 Å². The van der Waals surface area contributed by atoms with Crippen LogP contribution in [-0.4, -0.2) is 43.6 Å². The molecule has 0 amide bonds. The van der Waals surface area contributed by atoms with Gasteiger partial charge in [-0.25, -0.2) is 29.9 Å². The minimum Gasteiger partial charge on any atom is -0.456 e. The van der Waals surface area contributed by atoms with Gasteiger partial charge in [0.1, 0.15) is 23.3 Å². The van der Waals surface area contributed by atoms with Gasteiger partial charge >= 0.3 is 0 Å². The number of hydrogen-bond donors (Lipinski definition) is 0. The molecular formula is C136H79N11O. The van der Waals surface area contributed by atoms with Crippen LogP contribution in [0, 0.1) is 22.7 Å². The highest BCUT2D eigenvalue weighted by Gasteiger charge is 2.54. The van der Waals surface area contributed by atoms with Crippen LogP contribution in [0.15, 0.2) is 484 Å². The standard InChI is InChI=1S/C71H42N6.C65H37N5O/c72-43-49-38-48(70-74-68(44-18-4-1-5-19-44)73-69(75-70)45-20-6-2-7-21-45)34-36-63(49)77-65-31-17-13-27-54(65)58-41-62-56(42-67(58)77)52-25-11-15-29-60(52)71(62)59-28-14-10-24-51(59)55-39-46(32-35-61(55)71)47-33-37-66-57(40-47)53-26-12-16-30-64(53)76(66)50-22-8-3-9-23-50;66-38-44-33-43(64-68-62(39-15-3-1-4-16-39)67-63(69-64)40-17-5-2-6-18-40)29-32-57(44)70-58-25-13-9-21-47(58)52-36-56-51(37-59(52)70)46-20-8-12-24-54(46)65(56)53-23-11-7-19-45(53)50-34-41(28-31-55(50)65)42-27-30-49-48-22-10-14-26-60(48)71-61(49)35-42/h1-42H;1-37H. The Morgan fingerprint density at radius 2 is 0.480 bits per heavy atom. The highest BCUT2D eigenvalue weighted by molar-refractivity contribution is 6.16. The number of fused-ring (bicyclic) bond motifs is 32. The van der Waals surface area contributed by atoms with E-state index in [-0.39, 0.29) is 0 Å². The molecular weight excluding hydrogens is 1800 g/mol. The van der Waals surface area contributed by atoms with Gasteiger partial charge in [0.05, 0.1) is 66.4 Å². The molecule has 148 heavy (non-hydrogen) atoms. The van der Waals surface area contributed by atoms with Crippen molar-refractivity contribution in [1.29, 1.82) is 10.5 Å². The molecule has 0 N–H and O–H groups in total. The number of hydrogen-bond acceptors (Lipinski definition) is 9. The molecule has 27 aromatic rings. The van der Waals surface area contributed by atoms with Crippen molar-refractivity contribution < 1.29 is 4.42 Å². The fourth-order valence-electron chi connectivity index (χ4n) is 24.8. The van der Waals surface area contributed by atoms with E-state index in [4.69, 9.17) is 34.3 Å². The summed E-state index contributed by atoms with van der Waals surface area (Å²) in [4.78, 5) is 29.8. The number of aromatic nitrogens is 9. The number of furan rings is 1. The topological polar surface area (TPSA) is 153 Å². The predicted molar refractivity (Wildman–Crippen MR) is 595 cm³/mol. The van der Waals surface area contributed by atoms with Gasteiger partial charge < -0.3 is 18.1 Å². The fourth-order valence-corrected chi connectivity index (χ4v) is 24.8. The summed E-state index contributed by atoms with van der Waals surface area (Å²) in [5.74, 6) is 3.28. The van der Waals surface area contributed by atoms with Gasteiger partial charge in [-0.05, 0) is 245 Å². The minimum atomic E-state index is -0.567. The van der Waals surface area contributed by atoms with Crippen LogP contribution in [0.3, 0.4) is 0 Å². The van der Waals surface area contributed by atoms with Crippen molar-refractivity contribution in [3.05, 3.63) is 535 Å². The summed E-state index contributed by atoms with van der Waals surface area (Å²) >= 11 is 0. The Morgan fingerprint density at radius 3 is 0.899 bits per heavy atom. The van der Waals surface area contributed by atoms with Gasteiger partial charge in [-0.15, -0.1) is 0 Å². The predicted octanol–water partition coefficient (Wildman–Crippen LogP) is 32.7. The summed E-state index contributed by atoms with van der Waals surface area (Å²) in [5.41, 5.74) is 40.5. The second-order valence-electron chi connectivity index (χ2n) is 38.7. The van der Waals surface area contributed by atoms with Crippen molar-refractivity contribution in [2.45, 2.75) is 10.8 Å². The first-order chi connectivity index (χ1) is 73.3. The van der Waals surface area contributed by atoms with Gasteiger partial charge in [0.2, 0.25) is 0 Å². The Bertz CT molecular complexity index is 10300. The Labute approximate surface area is 850 Å². The van der Waals surface area contributed by atoms with Crippen LogP contribution in [-0.2, 0) is 10.8 Å². The van der Waals surface area contributed by atoms with Crippen molar-refractivity contribution in [1.82, 2.24) is 43.6 Å². The molecule has 31 rings (SSSR count). The van der Waals surface area contributed by atoms with Crippen LogP contribution >= 0.6 is 0 Å². The highest BCUT2D eigenvalue weighted by atomic mass is 16.3. The molecule has 684 valence electrons. The first-order valence-electron chi connectivity index (χ1n) is 50.0. The maximum Gasteiger partial charge on any atom is 0.164 e. The third kappa shape index (κ3) is 12.4. The van der Waals surface area contributed by atoms with E-state index in [9.17, 15) is 10.5 Å². The maximum atomic E-state index is 11.1. The maximum absolute atomic E-state index is 11.1. The molecule has 0 fully saturated rings. The average molecular weight is 1880 g/mol. The van der Waals surface area contributed by atoms with Crippen LogP contribution in [0.5, 0.6) is 0 Å². The van der Waals surface area contributed by atoms with Gasteiger partial charge in [0, 0.05) is 82.2 Å². The molecule has 2 atom stereocenters. The van der Waals surface area contributed by atoms with Crippen molar-refractivity contribution >= 4 is 87.4 Å². The lowest BCUT2D eigenvalue weighted by Gasteiger charge is -2.30. The molecule has 2 unspecified atom stereocenters. The third-order valence-corrected chi connectivity index (χ3v) is 31.1. The summed E-state index contributed by atoms with van der Waals surface area (Å²) in [6, 6.07) is 175. The van der Waals surface area contributed by atoms with Crippen molar-refractivity contribution in [2.75, 3.05) is 0 Å². The molecule has 6 heterocycles. The molecule has 0 radical (unpaired) electrons. The van der Waals surface area contributed by atoms with Crippen LogP contribution < -0.4 is 0 Å². The fraction of sp³-hybridized carbons (Fsp3) is 0.0147. The monoisotopic (exact) mass is 1880 g/mol. The van der Waals surface area contributed by atoms with E-state index in [0.717, 1.165) is 127 Å². The number of nitrogens with zero attached hydrogens (tertiary/aromatic N) is 11. The van der Waals surface area contributed by atoms with Crippen molar-refractivity contribution in [2.24, 2.45) is 0 Å². The van der Waals surface area contributed by atoms with Gasteiger partial charge in [0.15, 0.2) is 34.9 Å². The van der Waals surface area contributed by atoms with E-state index < -0.39 is 10.8 Å². The number of rotatable bonds is 11. The summed E-state index contributed by atoms with van der Waals surface area (Å²) in [7, 11) is 0. The summed E-state index contributed by atoms with van der Waals surface area (Å²) in [6.45, 7) is 0. The minimum absolute atomic E-state index is 0.499. The number of para-hydroxylation sites is 5. The van der Waals surface area contributed by atoms with E-state index in [1.807, 2.05) is 164 Å². The summed E-state index contributed by atoms with van der Waals surface area (Å²) < 4.78 is 13.3. The zero-order chi connectivity index (χ0) is 97.6. The summed E-state index contributed by atoms with van der Waals surface area (Å²) in [5, 5.41) is 31.4. The van der Waals surface area contributed by atoms with E-state index in [0.29, 0.717) is 46.1 Å². The van der Waals surface area contributed by atoms with E-state index in [1.165, 1.54) is 122 Å². The Balaban J connectivity index is 0.000000137. The number of benzene rings is 21. The molecule has 0 saturated heterocycles. The quantitative estimate of drug-likeness (QED) is 0.123. The smallest absolute Gasteiger partial charge is 0.164 e. The molecule has 2 spiro atoms. The van der Waals surface area contributed by atoms with Crippen LogP contribution in [0.25, 0.3) is 240 Å². The molecule has 0 aliphatic heterocycles. The largest absolute Gasteiger partial charge is 0.456 e. The van der Waals surface area contributed by atoms with Crippen LogP contribution in [0.2, 0.25) is 0 Å². The lowest BCUT2D eigenvalue weighted by molar-refractivity contribution is 0.669. The summed E-state index contributed by atoms with van der Waals surface area (Å²) in [6.07, 6.45) is 0.